The van der Waals surface area contributed by atoms with Gasteiger partial charge in [0.15, 0.2) is 0 Å². The minimum absolute atomic E-state index is 0.213. The summed E-state index contributed by atoms with van der Waals surface area (Å²) in [5.41, 5.74) is 6.80. The van der Waals surface area contributed by atoms with Crippen LogP contribution < -0.4 is 5.73 Å². The SMILES string of the molecule is COC(=O)c1csc(C2(N)CCCCC2)c1. The van der Waals surface area contributed by atoms with Crippen molar-refractivity contribution in [3.8, 4) is 0 Å². The van der Waals surface area contributed by atoms with Crippen molar-refractivity contribution >= 4 is 17.3 Å². The first-order valence-electron chi connectivity index (χ1n) is 5.62. The van der Waals surface area contributed by atoms with Crippen LogP contribution in [0.1, 0.15) is 47.3 Å². The van der Waals surface area contributed by atoms with Gasteiger partial charge < -0.3 is 10.5 Å². The Morgan fingerprint density at radius 3 is 2.75 bits per heavy atom. The Balaban J connectivity index is 2.20. The summed E-state index contributed by atoms with van der Waals surface area (Å²) >= 11 is 1.57. The van der Waals surface area contributed by atoms with Gasteiger partial charge >= 0.3 is 5.97 Å². The van der Waals surface area contributed by atoms with E-state index < -0.39 is 0 Å². The molecule has 1 fully saturated rings. The van der Waals surface area contributed by atoms with Gasteiger partial charge in [-0.3, -0.25) is 0 Å². The van der Waals surface area contributed by atoms with Crippen molar-refractivity contribution < 1.29 is 9.53 Å². The molecule has 3 nitrogen and oxygen atoms in total. The summed E-state index contributed by atoms with van der Waals surface area (Å²) < 4.78 is 4.70. The van der Waals surface area contributed by atoms with Crippen LogP contribution in [0.4, 0.5) is 0 Å². The fourth-order valence-corrected chi connectivity index (χ4v) is 3.30. The number of carbonyl (C=O) groups excluding carboxylic acids is 1. The molecule has 16 heavy (non-hydrogen) atoms. The van der Waals surface area contributed by atoms with E-state index in [9.17, 15) is 4.79 Å². The Hall–Kier alpha value is -0.870. The van der Waals surface area contributed by atoms with Crippen LogP contribution in [0.3, 0.4) is 0 Å². The maximum absolute atomic E-state index is 11.4. The van der Waals surface area contributed by atoms with Crippen LogP contribution in [0.2, 0.25) is 0 Å². The summed E-state index contributed by atoms with van der Waals surface area (Å²) in [5, 5.41) is 1.84. The number of hydrogen-bond donors (Lipinski definition) is 1. The minimum Gasteiger partial charge on any atom is -0.465 e. The third-order valence-corrected chi connectivity index (χ3v) is 4.41. The number of thiophene rings is 1. The second-order valence-corrected chi connectivity index (χ2v) is 5.32. The molecule has 0 bridgehead atoms. The molecule has 0 atom stereocenters. The second kappa shape index (κ2) is 4.55. The Morgan fingerprint density at radius 1 is 1.44 bits per heavy atom. The molecule has 0 saturated heterocycles. The molecule has 1 aliphatic carbocycles. The highest BCUT2D eigenvalue weighted by molar-refractivity contribution is 7.10. The summed E-state index contributed by atoms with van der Waals surface area (Å²) in [5.74, 6) is -0.276. The summed E-state index contributed by atoms with van der Waals surface area (Å²) in [7, 11) is 1.40. The quantitative estimate of drug-likeness (QED) is 0.807. The largest absolute Gasteiger partial charge is 0.465 e. The lowest BCUT2D eigenvalue weighted by Crippen LogP contribution is -2.37. The summed E-state index contributed by atoms with van der Waals surface area (Å²) in [4.78, 5) is 12.5. The molecule has 0 unspecified atom stereocenters. The molecular formula is C12H17NO2S. The highest BCUT2D eigenvalue weighted by atomic mass is 32.1. The zero-order valence-corrected chi connectivity index (χ0v) is 10.3. The van der Waals surface area contributed by atoms with Crippen LogP contribution in [0, 0.1) is 0 Å². The lowest BCUT2D eigenvalue weighted by molar-refractivity contribution is 0.0601. The summed E-state index contributed by atoms with van der Waals surface area (Å²) in [6.45, 7) is 0. The Labute approximate surface area is 99.6 Å². The predicted molar refractivity (Wildman–Crippen MR) is 64.6 cm³/mol. The second-order valence-electron chi connectivity index (χ2n) is 4.41. The minimum atomic E-state index is -0.276. The zero-order valence-electron chi connectivity index (χ0n) is 9.49. The van der Waals surface area contributed by atoms with E-state index >= 15 is 0 Å². The van der Waals surface area contributed by atoms with E-state index in [4.69, 9.17) is 10.5 Å². The van der Waals surface area contributed by atoms with Crippen LogP contribution >= 0.6 is 11.3 Å². The van der Waals surface area contributed by atoms with E-state index in [1.807, 2.05) is 11.4 Å². The van der Waals surface area contributed by atoms with Gasteiger partial charge in [0.05, 0.1) is 18.2 Å². The number of esters is 1. The van der Waals surface area contributed by atoms with Crippen LogP contribution in [0.25, 0.3) is 0 Å². The van der Waals surface area contributed by atoms with Gasteiger partial charge in [0.2, 0.25) is 0 Å². The van der Waals surface area contributed by atoms with Gasteiger partial charge in [0.25, 0.3) is 0 Å². The first kappa shape index (κ1) is 11.6. The maximum atomic E-state index is 11.4. The number of ether oxygens (including phenoxy) is 1. The van der Waals surface area contributed by atoms with Gasteiger partial charge in [-0.15, -0.1) is 11.3 Å². The van der Waals surface area contributed by atoms with Crippen molar-refractivity contribution in [2.45, 2.75) is 37.6 Å². The molecule has 88 valence electrons. The molecule has 1 heterocycles. The van der Waals surface area contributed by atoms with E-state index in [0.29, 0.717) is 5.56 Å². The lowest BCUT2D eigenvalue weighted by atomic mass is 9.81. The molecule has 1 aliphatic rings. The maximum Gasteiger partial charge on any atom is 0.338 e. The van der Waals surface area contributed by atoms with Gasteiger partial charge in [-0.1, -0.05) is 19.3 Å². The lowest BCUT2D eigenvalue weighted by Gasteiger charge is -2.32. The van der Waals surface area contributed by atoms with E-state index in [0.717, 1.165) is 17.7 Å². The fourth-order valence-electron chi connectivity index (χ4n) is 2.25. The summed E-state index contributed by atoms with van der Waals surface area (Å²) in [6.07, 6.45) is 5.68. The molecule has 0 aromatic carbocycles. The Bertz CT molecular complexity index is 380. The van der Waals surface area contributed by atoms with Gasteiger partial charge in [-0.25, -0.2) is 4.79 Å². The zero-order chi connectivity index (χ0) is 11.6. The molecule has 0 spiro atoms. The molecule has 2 N–H and O–H groups in total. The Kier molecular flexibility index (Phi) is 3.30. The predicted octanol–water partition coefficient (Wildman–Crippen LogP) is 2.65. The molecule has 0 aliphatic heterocycles. The van der Waals surface area contributed by atoms with Crippen molar-refractivity contribution in [2.75, 3.05) is 7.11 Å². The smallest absolute Gasteiger partial charge is 0.338 e. The number of methoxy groups -OCH3 is 1. The van der Waals surface area contributed by atoms with Crippen LogP contribution in [-0.4, -0.2) is 13.1 Å². The van der Waals surface area contributed by atoms with E-state index in [1.54, 1.807) is 11.3 Å². The normalized spacial score (nSPS) is 19.4. The van der Waals surface area contributed by atoms with Crippen molar-refractivity contribution in [3.63, 3.8) is 0 Å². The first-order chi connectivity index (χ1) is 7.65. The van der Waals surface area contributed by atoms with Gasteiger partial charge in [0, 0.05) is 10.3 Å². The average Bonchev–Trinajstić information content (AvgIpc) is 2.79. The number of carbonyl (C=O) groups is 1. The van der Waals surface area contributed by atoms with Crippen LogP contribution in [-0.2, 0) is 10.3 Å². The third kappa shape index (κ3) is 2.13. The van der Waals surface area contributed by atoms with Gasteiger partial charge in [-0.05, 0) is 18.9 Å². The van der Waals surface area contributed by atoms with Crippen molar-refractivity contribution in [1.82, 2.24) is 0 Å². The molecule has 1 saturated carbocycles. The first-order valence-corrected chi connectivity index (χ1v) is 6.50. The van der Waals surface area contributed by atoms with Gasteiger partial charge in [-0.2, -0.15) is 0 Å². The number of rotatable bonds is 2. The van der Waals surface area contributed by atoms with E-state index in [1.165, 1.54) is 26.4 Å². The number of nitrogens with two attached hydrogens (primary N) is 1. The van der Waals surface area contributed by atoms with Gasteiger partial charge in [0.1, 0.15) is 0 Å². The molecule has 2 rings (SSSR count). The molecular weight excluding hydrogens is 222 g/mol. The van der Waals surface area contributed by atoms with Crippen molar-refractivity contribution in [2.24, 2.45) is 5.73 Å². The van der Waals surface area contributed by atoms with Crippen LogP contribution in [0.15, 0.2) is 11.4 Å². The monoisotopic (exact) mass is 239 g/mol. The fraction of sp³-hybridized carbons (Fsp3) is 0.583. The van der Waals surface area contributed by atoms with Crippen molar-refractivity contribution in [3.05, 3.63) is 21.9 Å². The summed E-state index contributed by atoms with van der Waals surface area (Å²) in [6, 6.07) is 1.89. The average molecular weight is 239 g/mol. The van der Waals surface area contributed by atoms with Crippen LogP contribution in [0.5, 0.6) is 0 Å². The standard InChI is InChI=1S/C12H17NO2S/c1-15-11(14)9-7-10(16-8-9)12(13)5-3-2-4-6-12/h7-8H,2-6,13H2,1H3. The topological polar surface area (TPSA) is 52.3 Å². The molecule has 0 radical (unpaired) electrons. The van der Waals surface area contributed by atoms with E-state index in [-0.39, 0.29) is 11.5 Å². The van der Waals surface area contributed by atoms with E-state index in [2.05, 4.69) is 0 Å². The highest BCUT2D eigenvalue weighted by Crippen LogP contribution is 2.37. The molecule has 0 amide bonds. The molecule has 4 heteroatoms. The Morgan fingerprint density at radius 2 is 2.12 bits per heavy atom. The third-order valence-electron chi connectivity index (χ3n) is 3.26. The van der Waals surface area contributed by atoms with Crippen molar-refractivity contribution in [1.29, 1.82) is 0 Å². The number of hydrogen-bond acceptors (Lipinski definition) is 4. The highest BCUT2D eigenvalue weighted by Gasteiger charge is 2.31. The molecule has 1 aromatic rings. The molecule has 1 aromatic heterocycles.